The summed E-state index contributed by atoms with van der Waals surface area (Å²) in [7, 11) is 0. The van der Waals surface area contributed by atoms with Crippen LogP contribution in [0, 0.1) is 0 Å². The zero-order chi connectivity index (χ0) is 11.5. The maximum Gasteiger partial charge on any atom is 0.302 e. The third-order valence-electron chi connectivity index (χ3n) is 2.70. The van der Waals surface area contributed by atoms with Gasteiger partial charge in [-0.1, -0.05) is 28.1 Å². The van der Waals surface area contributed by atoms with E-state index in [4.69, 9.17) is 4.74 Å². The zero-order valence-corrected chi connectivity index (χ0v) is 10.7. The van der Waals surface area contributed by atoms with Crippen molar-refractivity contribution in [3.8, 4) is 0 Å². The van der Waals surface area contributed by atoms with Crippen LogP contribution >= 0.6 is 15.9 Å². The topological polar surface area (TPSA) is 38.3 Å². The predicted octanol–water partition coefficient (Wildman–Crippen LogP) is 2.42. The van der Waals surface area contributed by atoms with Crippen molar-refractivity contribution in [2.75, 3.05) is 6.54 Å². The Bertz CT molecular complexity index is 377. The lowest BCUT2D eigenvalue weighted by molar-refractivity contribution is -0.145. The number of halogens is 1. The molecule has 1 aromatic carbocycles. The first-order chi connectivity index (χ1) is 7.65. The molecule has 0 radical (unpaired) electrons. The maximum atomic E-state index is 10.8. The molecule has 1 saturated heterocycles. The van der Waals surface area contributed by atoms with E-state index in [1.54, 1.807) is 0 Å². The van der Waals surface area contributed by atoms with Crippen LogP contribution in [0.4, 0.5) is 0 Å². The molecule has 0 saturated carbocycles. The highest BCUT2D eigenvalue weighted by molar-refractivity contribution is 9.10. The van der Waals surface area contributed by atoms with Crippen molar-refractivity contribution in [2.45, 2.75) is 25.5 Å². The van der Waals surface area contributed by atoms with Crippen LogP contribution in [0.2, 0.25) is 0 Å². The average molecular weight is 284 g/mol. The van der Waals surface area contributed by atoms with Gasteiger partial charge in [0.25, 0.3) is 0 Å². The lowest BCUT2D eigenvalue weighted by atomic mass is 10.1. The van der Waals surface area contributed by atoms with Gasteiger partial charge >= 0.3 is 5.97 Å². The molecule has 1 fully saturated rings. The Hall–Kier alpha value is -0.870. The molecule has 2 rings (SSSR count). The molecule has 1 heterocycles. The van der Waals surface area contributed by atoms with Gasteiger partial charge in [0.1, 0.15) is 6.10 Å². The molecule has 0 unspecified atom stereocenters. The minimum Gasteiger partial charge on any atom is -0.461 e. The van der Waals surface area contributed by atoms with Crippen LogP contribution in [-0.2, 0) is 9.53 Å². The molecule has 4 heteroatoms. The second kappa shape index (κ2) is 4.97. The summed E-state index contributed by atoms with van der Waals surface area (Å²) >= 11 is 3.41. The van der Waals surface area contributed by atoms with Crippen molar-refractivity contribution in [1.82, 2.24) is 5.32 Å². The number of hydrogen-bond donors (Lipinski definition) is 1. The number of esters is 1. The summed E-state index contributed by atoms with van der Waals surface area (Å²) in [5, 5.41) is 3.36. The van der Waals surface area contributed by atoms with Gasteiger partial charge in [0.05, 0.1) is 0 Å². The molecular weight excluding hydrogens is 270 g/mol. The van der Waals surface area contributed by atoms with E-state index < -0.39 is 0 Å². The Morgan fingerprint density at radius 2 is 2.12 bits per heavy atom. The summed E-state index contributed by atoms with van der Waals surface area (Å²) in [6.45, 7) is 2.19. The Morgan fingerprint density at radius 1 is 1.44 bits per heavy atom. The molecule has 1 N–H and O–H groups in total. The van der Waals surface area contributed by atoms with E-state index in [0.717, 1.165) is 17.4 Å². The van der Waals surface area contributed by atoms with Gasteiger partial charge < -0.3 is 10.1 Å². The summed E-state index contributed by atoms with van der Waals surface area (Å²) in [5.41, 5.74) is 1.23. The molecule has 1 aliphatic rings. The van der Waals surface area contributed by atoms with Gasteiger partial charge in [-0.15, -0.1) is 0 Å². The van der Waals surface area contributed by atoms with Gasteiger partial charge in [0.15, 0.2) is 0 Å². The SMILES string of the molecule is CC(=O)O[C@@H]1CN[C@@H](c2ccc(Br)cc2)C1. The fourth-order valence-electron chi connectivity index (χ4n) is 1.98. The number of rotatable bonds is 2. The quantitative estimate of drug-likeness (QED) is 0.848. The maximum absolute atomic E-state index is 10.8. The first-order valence-electron chi connectivity index (χ1n) is 5.31. The number of carbonyl (C=O) groups is 1. The number of nitrogens with one attached hydrogen (secondary N) is 1. The van der Waals surface area contributed by atoms with E-state index >= 15 is 0 Å². The smallest absolute Gasteiger partial charge is 0.302 e. The highest BCUT2D eigenvalue weighted by atomic mass is 79.9. The molecule has 0 amide bonds. The number of carbonyl (C=O) groups excluding carboxylic acids is 1. The van der Waals surface area contributed by atoms with Crippen LogP contribution in [0.1, 0.15) is 24.9 Å². The molecule has 0 aliphatic carbocycles. The fourth-order valence-corrected chi connectivity index (χ4v) is 2.24. The Balaban J connectivity index is 1.98. The van der Waals surface area contributed by atoms with E-state index in [-0.39, 0.29) is 18.1 Å². The molecule has 3 nitrogen and oxygen atoms in total. The number of hydrogen-bond acceptors (Lipinski definition) is 3. The third-order valence-corrected chi connectivity index (χ3v) is 3.22. The van der Waals surface area contributed by atoms with Gasteiger partial charge in [0.2, 0.25) is 0 Å². The van der Waals surface area contributed by atoms with Crippen LogP contribution in [-0.4, -0.2) is 18.6 Å². The molecule has 1 aliphatic heterocycles. The van der Waals surface area contributed by atoms with Crippen molar-refractivity contribution >= 4 is 21.9 Å². The van der Waals surface area contributed by atoms with Crippen molar-refractivity contribution in [3.63, 3.8) is 0 Å². The van der Waals surface area contributed by atoms with Gasteiger partial charge in [-0.25, -0.2) is 0 Å². The van der Waals surface area contributed by atoms with E-state index in [0.29, 0.717) is 0 Å². The highest BCUT2D eigenvalue weighted by Crippen LogP contribution is 2.26. The fraction of sp³-hybridized carbons (Fsp3) is 0.417. The molecule has 86 valence electrons. The second-order valence-corrected chi connectivity index (χ2v) is 4.90. The zero-order valence-electron chi connectivity index (χ0n) is 9.07. The number of benzene rings is 1. The van der Waals surface area contributed by atoms with Gasteiger partial charge in [-0.3, -0.25) is 4.79 Å². The van der Waals surface area contributed by atoms with Crippen LogP contribution in [0.3, 0.4) is 0 Å². The minimum absolute atomic E-state index is 0.00569. The average Bonchev–Trinajstić information content (AvgIpc) is 2.66. The van der Waals surface area contributed by atoms with Gasteiger partial charge in [0, 0.05) is 30.4 Å². The Morgan fingerprint density at radius 3 is 2.75 bits per heavy atom. The van der Waals surface area contributed by atoms with Crippen molar-refractivity contribution < 1.29 is 9.53 Å². The highest BCUT2D eigenvalue weighted by Gasteiger charge is 2.26. The molecule has 0 spiro atoms. The van der Waals surface area contributed by atoms with Crippen LogP contribution < -0.4 is 5.32 Å². The first kappa shape index (κ1) is 11.6. The molecule has 2 atom stereocenters. The van der Waals surface area contributed by atoms with Crippen LogP contribution in [0.5, 0.6) is 0 Å². The van der Waals surface area contributed by atoms with Crippen LogP contribution in [0.15, 0.2) is 28.7 Å². The summed E-state index contributed by atoms with van der Waals surface area (Å²) in [6.07, 6.45) is 0.854. The monoisotopic (exact) mass is 283 g/mol. The lowest BCUT2D eigenvalue weighted by Crippen LogP contribution is -2.19. The van der Waals surface area contributed by atoms with E-state index in [9.17, 15) is 4.79 Å². The second-order valence-electron chi connectivity index (χ2n) is 3.98. The summed E-state index contributed by atoms with van der Waals surface area (Å²) in [4.78, 5) is 10.8. The standard InChI is InChI=1S/C12H14BrNO2/c1-8(15)16-11-6-12(14-7-11)9-2-4-10(13)5-3-9/h2-5,11-12,14H,6-7H2,1H3/t11-,12+/m0/s1. The largest absolute Gasteiger partial charge is 0.461 e. The van der Waals surface area contributed by atoms with E-state index in [2.05, 4.69) is 33.4 Å². The van der Waals surface area contributed by atoms with Crippen molar-refractivity contribution in [3.05, 3.63) is 34.3 Å². The lowest BCUT2D eigenvalue weighted by Gasteiger charge is -2.11. The van der Waals surface area contributed by atoms with Crippen molar-refractivity contribution in [1.29, 1.82) is 0 Å². The Labute approximate surface area is 103 Å². The summed E-state index contributed by atoms with van der Waals surface area (Å²) in [5.74, 6) is -0.205. The third kappa shape index (κ3) is 2.83. The molecular formula is C12H14BrNO2. The predicted molar refractivity (Wildman–Crippen MR) is 65.1 cm³/mol. The summed E-state index contributed by atoms with van der Waals surface area (Å²) in [6, 6.07) is 8.50. The summed E-state index contributed by atoms with van der Waals surface area (Å²) < 4.78 is 6.25. The van der Waals surface area contributed by atoms with Crippen molar-refractivity contribution in [2.24, 2.45) is 0 Å². The number of ether oxygens (including phenoxy) is 1. The molecule has 0 bridgehead atoms. The normalized spacial score (nSPS) is 24.4. The molecule has 0 aromatic heterocycles. The Kier molecular flexibility index (Phi) is 3.61. The first-order valence-corrected chi connectivity index (χ1v) is 6.10. The van der Waals surface area contributed by atoms with Gasteiger partial charge in [-0.2, -0.15) is 0 Å². The molecule has 1 aromatic rings. The van der Waals surface area contributed by atoms with Crippen LogP contribution in [0.25, 0.3) is 0 Å². The molecule has 16 heavy (non-hydrogen) atoms. The van der Waals surface area contributed by atoms with Gasteiger partial charge in [-0.05, 0) is 17.7 Å². The van der Waals surface area contributed by atoms with E-state index in [1.807, 2.05) is 12.1 Å². The van der Waals surface area contributed by atoms with E-state index in [1.165, 1.54) is 12.5 Å². The minimum atomic E-state index is -0.205.